The molecule has 1 aromatic heterocycles. The van der Waals surface area contributed by atoms with Gasteiger partial charge < -0.3 is 15.1 Å². The van der Waals surface area contributed by atoms with E-state index in [1.54, 1.807) is 17.2 Å². The van der Waals surface area contributed by atoms with Crippen LogP contribution in [-0.2, 0) is 10.0 Å². The number of amides is 2. The van der Waals surface area contributed by atoms with Gasteiger partial charge in [-0.2, -0.15) is 0 Å². The summed E-state index contributed by atoms with van der Waals surface area (Å²) >= 11 is 0. The molecule has 0 bridgehead atoms. The third-order valence-corrected chi connectivity index (χ3v) is 4.86. The molecule has 1 aliphatic heterocycles. The first kappa shape index (κ1) is 17.2. The van der Waals surface area contributed by atoms with Gasteiger partial charge >= 0.3 is 6.03 Å². The minimum atomic E-state index is -3.80. The van der Waals surface area contributed by atoms with Crippen LogP contribution in [0.3, 0.4) is 0 Å². The normalized spacial score (nSPS) is 15.1. The molecule has 1 aromatic carbocycles. The van der Waals surface area contributed by atoms with Gasteiger partial charge in [-0.3, -0.25) is 0 Å². The monoisotopic (exact) mass is 361 g/mol. The first-order valence-corrected chi connectivity index (χ1v) is 9.33. The zero-order chi connectivity index (χ0) is 17.9. The number of hydrogen-bond acceptors (Lipinski definition) is 5. The Labute approximate surface area is 146 Å². The topological polar surface area (TPSA) is 109 Å². The van der Waals surface area contributed by atoms with Gasteiger partial charge in [0.25, 0.3) is 0 Å². The average Bonchev–Trinajstić information content (AvgIpc) is 2.62. The van der Waals surface area contributed by atoms with Gasteiger partial charge in [-0.05, 0) is 30.3 Å². The molecule has 2 heterocycles. The number of pyridine rings is 1. The summed E-state index contributed by atoms with van der Waals surface area (Å²) in [6.07, 6.45) is 1.74. The van der Waals surface area contributed by atoms with E-state index in [-0.39, 0.29) is 10.9 Å². The Morgan fingerprint density at radius 1 is 1.08 bits per heavy atom. The van der Waals surface area contributed by atoms with E-state index in [4.69, 9.17) is 5.14 Å². The summed E-state index contributed by atoms with van der Waals surface area (Å²) in [6.45, 7) is 2.47. The van der Waals surface area contributed by atoms with E-state index in [0.29, 0.717) is 31.9 Å². The summed E-state index contributed by atoms with van der Waals surface area (Å²) < 4.78 is 22.8. The first-order chi connectivity index (χ1) is 11.9. The van der Waals surface area contributed by atoms with E-state index in [9.17, 15) is 13.2 Å². The number of nitrogens with two attached hydrogens (primary N) is 1. The standard InChI is InChI=1S/C16H19N5O3S/c17-25(23,24)14-5-3-4-13(12-14)19-16(22)21-10-8-20(9-11-21)15-6-1-2-7-18-15/h1-7,12H,8-11H2,(H,19,22)(H2,17,23,24). The maximum absolute atomic E-state index is 12.4. The van der Waals surface area contributed by atoms with Crippen LogP contribution in [0.15, 0.2) is 53.6 Å². The lowest BCUT2D eigenvalue weighted by Gasteiger charge is -2.35. The van der Waals surface area contributed by atoms with Gasteiger partial charge in [-0.25, -0.2) is 23.3 Å². The maximum Gasteiger partial charge on any atom is 0.321 e. The number of carbonyl (C=O) groups is 1. The van der Waals surface area contributed by atoms with Crippen LogP contribution in [-0.4, -0.2) is 50.5 Å². The molecule has 3 N–H and O–H groups in total. The van der Waals surface area contributed by atoms with Crippen LogP contribution in [0.1, 0.15) is 0 Å². The highest BCUT2D eigenvalue weighted by Gasteiger charge is 2.22. The van der Waals surface area contributed by atoms with E-state index in [1.165, 1.54) is 18.2 Å². The molecule has 1 aliphatic rings. The molecule has 25 heavy (non-hydrogen) atoms. The lowest BCUT2D eigenvalue weighted by Crippen LogP contribution is -2.50. The molecule has 132 valence electrons. The van der Waals surface area contributed by atoms with Crippen LogP contribution in [0.5, 0.6) is 0 Å². The van der Waals surface area contributed by atoms with E-state index in [0.717, 1.165) is 5.82 Å². The molecule has 2 aromatic rings. The molecule has 0 unspecified atom stereocenters. The smallest absolute Gasteiger partial charge is 0.321 e. The van der Waals surface area contributed by atoms with Crippen LogP contribution in [0.25, 0.3) is 0 Å². The number of anilines is 2. The fourth-order valence-corrected chi connectivity index (χ4v) is 3.19. The molecule has 8 nitrogen and oxygen atoms in total. The summed E-state index contributed by atoms with van der Waals surface area (Å²) in [6, 6.07) is 11.4. The number of nitrogens with zero attached hydrogens (tertiary/aromatic N) is 3. The van der Waals surface area contributed by atoms with Gasteiger partial charge in [0.2, 0.25) is 10.0 Å². The molecular weight excluding hydrogens is 342 g/mol. The SMILES string of the molecule is NS(=O)(=O)c1cccc(NC(=O)N2CCN(c3ccccn3)CC2)c1. The average molecular weight is 361 g/mol. The summed E-state index contributed by atoms with van der Waals surface area (Å²) in [4.78, 5) is 20.4. The zero-order valence-electron chi connectivity index (χ0n) is 13.5. The van der Waals surface area contributed by atoms with Crippen molar-refractivity contribution in [2.24, 2.45) is 5.14 Å². The second-order valence-electron chi connectivity index (χ2n) is 5.67. The Morgan fingerprint density at radius 2 is 1.84 bits per heavy atom. The Morgan fingerprint density at radius 3 is 2.48 bits per heavy atom. The number of piperazine rings is 1. The van der Waals surface area contributed by atoms with Gasteiger partial charge in [0.1, 0.15) is 5.82 Å². The van der Waals surface area contributed by atoms with E-state index < -0.39 is 10.0 Å². The Balaban J connectivity index is 1.60. The summed E-state index contributed by atoms with van der Waals surface area (Å²) in [5.41, 5.74) is 0.392. The minimum Gasteiger partial charge on any atom is -0.353 e. The van der Waals surface area contributed by atoms with Crippen molar-refractivity contribution >= 4 is 27.6 Å². The van der Waals surface area contributed by atoms with Gasteiger partial charge in [-0.1, -0.05) is 12.1 Å². The van der Waals surface area contributed by atoms with Crippen LogP contribution in [0.2, 0.25) is 0 Å². The lowest BCUT2D eigenvalue weighted by atomic mass is 10.3. The molecule has 9 heteroatoms. The fraction of sp³-hybridized carbons (Fsp3) is 0.250. The van der Waals surface area contributed by atoms with E-state index in [2.05, 4.69) is 15.2 Å². The molecule has 0 saturated carbocycles. The second kappa shape index (κ2) is 7.08. The van der Waals surface area contributed by atoms with Crippen molar-refractivity contribution in [1.29, 1.82) is 0 Å². The fourth-order valence-electron chi connectivity index (χ4n) is 2.63. The highest BCUT2D eigenvalue weighted by atomic mass is 32.2. The molecule has 0 atom stereocenters. The first-order valence-electron chi connectivity index (χ1n) is 7.78. The third kappa shape index (κ3) is 4.25. The number of urea groups is 1. The number of sulfonamides is 1. The van der Waals surface area contributed by atoms with Crippen LogP contribution in [0, 0.1) is 0 Å². The minimum absolute atomic E-state index is 0.0368. The Bertz CT molecular complexity index is 849. The summed E-state index contributed by atoms with van der Waals surface area (Å²) in [7, 11) is -3.80. The van der Waals surface area contributed by atoms with E-state index >= 15 is 0 Å². The summed E-state index contributed by atoms with van der Waals surface area (Å²) in [5, 5.41) is 7.82. The van der Waals surface area contributed by atoms with Gasteiger partial charge in [0, 0.05) is 38.1 Å². The number of aromatic nitrogens is 1. The molecule has 1 saturated heterocycles. The number of rotatable bonds is 3. The number of carbonyl (C=O) groups excluding carboxylic acids is 1. The van der Waals surface area contributed by atoms with Gasteiger partial charge in [0.05, 0.1) is 4.90 Å². The number of hydrogen-bond donors (Lipinski definition) is 2. The molecule has 0 aliphatic carbocycles. The second-order valence-corrected chi connectivity index (χ2v) is 7.23. The van der Waals surface area contributed by atoms with Crippen LogP contribution < -0.4 is 15.4 Å². The van der Waals surface area contributed by atoms with Crippen molar-refractivity contribution in [3.63, 3.8) is 0 Å². The summed E-state index contributed by atoms with van der Waals surface area (Å²) in [5.74, 6) is 0.892. The highest BCUT2D eigenvalue weighted by Crippen LogP contribution is 2.16. The van der Waals surface area contributed by atoms with Crippen molar-refractivity contribution < 1.29 is 13.2 Å². The van der Waals surface area contributed by atoms with Crippen molar-refractivity contribution in [2.75, 3.05) is 36.4 Å². The van der Waals surface area contributed by atoms with Crippen LogP contribution in [0.4, 0.5) is 16.3 Å². The van der Waals surface area contributed by atoms with Crippen molar-refractivity contribution in [3.05, 3.63) is 48.7 Å². The molecule has 3 rings (SSSR count). The molecule has 0 spiro atoms. The molecular formula is C16H19N5O3S. The van der Waals surface area contributed by atoms with Crippen molar-refractivity contribution in [1.82, 2.24) is 9.88 Å². The van der Waals surface area contributed by atoms with Gasteiger partial charge in [-0.15, -0.1) is 0 Å². The number of benzene rings is 1. The van der Waals surface area contributed by atoms with E-state index in [1.807, 2.05) is 18.2 Å². The quantitative estimate of drug-likeness (QED) is 0.850. The lowest BCUT2D eigenvalue weighted by molar-refractivity contribution is 0.208. The zero-order valence-corrected chi connectivity index (χ0v) is 14.3. The van der Waals surface area contributed by atoms with Crippen molar-refractivity contribution in [2.45, 2.75) is 4.90 Å². The van der Waals surface area contributed by atoms with Gasteiger partial charge in [0.15, 0.2) is 0 Å². The van der Waals surface area contributed by atoms with Crippen LogP contribution >= 0.6 is 0 Å². The predicted octanol–water partition coefficient (Wildman–Crippen LogP) is 1.08. The highest BCUT2D eigenvalue weighted by molar-refractivity contribution is 7.89. The molecule has 0 radical (unpaired) electrons. The number of primary sulfonamides is 1. The molecule has 1 fully saturated rings. The molecule has 2 amide bonds. The maximum atomic E-state index is 12.4. The third-order valence-electron chi connectivity index (χ3n) is 3.95. The van der Waals surface area contributed by atoms with Crippen molar-refractivity contribution in [3.8, 4) is 0 Å². The predicted molar refractivity (Wildman–Crippen MR) is 94.9 cm³/mol. The number of nitrogens with one attached hydrogen (secondary N) is 1. The Hall–Kier alpha value is -2.65. The largest absolute Gasteiger partial charge is 0.353 e. The Kier molecular flexibility index (Phi) is 4.86.